The van der Waals surface area contributed by atoms with Crippen molar-refractivity contribution < 1.29 is 47.5 Å². The average molecular weight is 683 g/mol. The first-order chi connectivity index (χ1) is 19.7. The van der Waals surface area contributed by atoms with E-state index in [2.05, 4.69) is 36.0 Å². The fourth-order valence-corrected chi connectivity index (χ4v) is 4.80. The maximum absolute atomic E-state index is 12.2. The largest absolute Gasteiger partial charge is 1.00 e. The van der Waals surface area contributed by atoms with Crippen molar-refractivity contribution in [2.24, 2.45) is 0 Å². The predicted octanol–water partition coefficient (Wildman–Crippen LogP) is 4.60. The number of carbonyl (C=O) groups excluding carboxylic acids is 1. The molecule has 0 unspecified atom stereocenters. The molecule has 0 bridgehead atoms. The summed E-state index contributed by atoms with van der Waals surface area (Å²) in [5.41, 5.74) is 1.19. The van der Waals surface area contributed by atoms with E-state index in [0.717, 1.165) is 19.4 Å². The number of hydrogen-bond donors (Lipinski definition) is 1. The average Bonchev–Trinajstić information content (AvgIpc) is 2.98. The van der Waals surface area contributed by atoms with Crippen LogP contribution in [-0.2, 0) is 17.8 Å². The molecule has 6 nitrogen and oxygen atoms in total. The molecule has 0 saturated carbocycles. The summed E-state index contributed by atoms with van der Waals surface area (Å²) in [4.78, 5) is 12.2. The molecular formula is C34H55IN2O4. The Morgan fingerprint density at radius 2 is 1.44 bits per heavy atom. The number of nitrogens with one attached hydrogen (secondary N) is 1. The molecule has 0 aliphatic carbocycles. The number of carbonyl (C=O) groups is 1. The lowest BCUT2D eigenvalue weighted by molar-refractivity contribution is -0.694. The van der Waals surface area contributed by atoms with Crippen LogP contribution in [-0.4, -0.2) is 32.8 Å². The van der Waals surface area contributed by atoms with Crippen LogP contribution in [0.2, 0.25) is 0 Å². The van der Waals surface area contributed by atoms with Crippen molar-refractivity contribution in [3.8, 4) is 17.2 Å². The molecule has 0 aliphatic heterocycles. The summed E-state index contributed by atoms with van der Waals surface area (Å²) < 4.78 is 19.3. The summed E-state index contributed by atoms with van der Waals surface area (Å²) >= 11 is 0. The van der Waals surface area contributed by atoms with E-state index in [1.807, 2.05) is 24.4 Å². The Balaban J connectivity index is 0.00000840. The van der Waals surface area contributed by atoms with Crippen molar-refractivity contribution in [2.45, 2.75) is 117 Å². The van der Waals surface area contributed by atoms with Crippen LogP contribution in [0.1, 0.15) is 109 Å². The van der Waals surface area contributed by atoms with Crippen LogP contribution >= 0.6 is 0 Å². The molecule has 1 aromatic carbocycles. The maximum Gasteiger partial charge on any atom is 0.257 e. The minimum absolute atomic E-state index is 0. The van der Waals surface area contributed by atoms with E-state index in [4.69, 9.17) is 14.2 Å². The third kappa shape index (κ3) is 17.5. The normalized spacial score (nSPS) is 10.6. The highest BCUT2D eigenvalue weighted by Gasteiger charge is 2.09. The molecule has 232 valence electrons. The van der Waals surface area contributed by atoms with Gasteiger partial charge in [0.05, 0.1) is 13.7 Å². The van der Waals surface area contributed by atoms with Crippen LogP contribution in [0.5, 0.6) is 17.2 Å². The van der Waals surface area contributed by atoms with Gasteiger partial charge in [-0.2, -0.15) is 0 Å². The Hall–Kier alpha value is -2.03. The first-order valence-electron chi connectivity index (χ1n) is 15.8. The molecular weight excluding hydrogens is 627 g/mol. The van der Waals surface area contributed by atoms with E-state index in [1.54, 1.807) is 13.2 Å². The lowest BCUT2D eigenvalue weighted by atomic mass is 10.0. The number of ether oxygens (including phenoxy) is 3. The SMILES string of the molecule is CCCCCCCCCCCCCCCCOc1ccc(OCC(=O)NCCc2ccc[n+](CC)c2)cc1OC.[I-]. The molecule has 0 atom stereocenters. The number of hydrogen-bond acceptors (Lipinski definition) is 4. The van der Waals surface area contributed by atoms with Gasteiger partial charge in [0.2, 0.25) is 0 Å². The number of pyridine rings is 1. The van der Waals surface area contributed by atoms with Crippen molar-refractivity contribution in [3.05, 3.63) is 48.3 Å². The highest BCUT2D eigenvalue weighted by atomic mass is 127. The highest BCUT2D eigenvalue weighted by molar-refractivity contribution is 5.77. The molecule has 1 amide bonds. The number of rotatable bonds is 24. The standard InChI is InChI=1S/C34H54N2O4.HI/c1-4-6-7-8-9-10-11-12-13-14-15-16-17-18-26-39-32-22-21-31(27-33(32)38-3)40-29-34(37)35-24-23-30-20-19-25-36(5-2)28-30;/h19-22,25,27-28H,4-18,23-24,26,29H2,1-3H3;1H. The second-order valence-corrected chi connectivity index (χ2v) is 10.7. The van der Waals surface area contributed by atoms with E-state index < -0.39 is 0 Å². The Kier molecular flexibility index (Phi) is 22.2. The fourth-order valence-electron chi connectivity index (χ4n) is 4.80. The van der Waals surface area contributed by atoms with Crippen LogP contribution in [0, 0.1) is 0 Å². The second kappa shape index (κ2) is 24.6. The Morgan fingerprint density at radius 3 is 2.05 bits per heavy atom. The molecule has 41 heavy (non-hydrogen) atoms. The van der Waals surface area contributed by atoms with Crippen molar-refractivity contribution in [1.82, 2.24) is 5.32 Å². The van der Waals surface area contributed by atoms with Crippen LogP contribution in [0.4, 0.5) is 0 Å². The van der Waals surface area contributed by atoms with Crippen molar-refractivity contribution in [1.29, 1.82) is 0 Å². The maximum atomic E-state index is 12.2. The van der Waals surface area contributed by atoms with Crippen molar-refractivity contribution in [3.63, 3.8) is 0 Å². The lowest BCUT2D eigenvalue weighted by Crippen LogP contribution is -3.00. The van der Waals surface area contributed by atoms with Gasteiger partial charge in [0.15, 0.2) is 30.5 Å². The van der Waals surface area contributed by atoms with Gasteiger partial charge in [0.1, 0.15) is 12.3 Å². The van der Waals surface area contributed by atoms with Gasteiger partial charge in [-0.3, -0.25) is 4.79 Å². The quantitative estimate of drug-likeness (QED) is 0.1000. The third-order valence-corrected chi connectivity index (χ3v) is 7.28. The third-order valence-electron chi connectivity index (χ3n) is 7.28. The van der Waals surface area contributed by atoms with Crippen molar-refractivity contribution in [2.75, 3.05) is 26.9 Å². The summed E-state index contributed by atoms with van der Waals surface area (Å²) in [6, 6.07) is 9.56. The van der Waals surface area contributed by atoms with Gasteiger partial charge in [-0.25, -0.2) is 4.57 Å². The molecule has 0 fully saturated rings. The van der Waals surface area contributed by atoms with E-state index in [-0.39, 0.29) is 36.5 Å². The van der Waals surface area contributed by atoms with Gasteiger partial charge in [-0.15, -0.1) is 0 Å². The highest BCUT2D eigenvalue weighted by Crippen LogP contribution is 2.31. The van der Waals surface area contributed by atoms with Crippen LogP contribution < -0.4 is 48.1 Å². The molecule has 0 aliphatic rings. The van der Waals surface area contributed by atoms with Gasteiger partial charge in [0, 0.05) is 24.2 Å². The van der Waals surface area contributed by atoms with Crippen LogP contribution in [0.3, 0.4) is 0 Å². The molecule has 2 rings (SSSR count). The number of methoxy groups -OCH3 is 1. The molecule has 7 heteroatoms. The van der Waals surface area contributed by atoms with Gasteiger partial charge < -0.3 is 43.5 Å². The number of benzene rings is 1. The van der Waals surface area contributed by atoms with E-state index in [9.17, 15) is 4.79 Å². The van der Waals surface area contributed by atoms with Crippen LogP contribution in [0.25, 0.3) is 0 Å². The van der Waals surface area contributed by atoms with Gasteiger partial charge in [0.25, 0.3) is 5.91 Å². The molecule has 0 saturated heterocycles. The van der Waals surface area contributed by atoms with Gasteiger partial charge in [-0.05, 0) is 38.0 Å². The summed E-state index contributed by atoms with van der Waals surface area (Å²) in [7, 11) is 1.62. The van der Waals surface area contributed by atoms with Crippen molar-refractivity contribution >= 4 is 5.91 Å². The number of nitrogens with zero attached hydrogens (tertiary/aromatic N) is 1. The zero-order valence-electron chi connectivity index (χ0n) is 25.9. The molecule has 1 heterocycles. The summed E-state index contributed by atoms with van der Waals surface area (Å²) in [5.74, 6) is 1.78. The smallest absolute Gasteiger partial charge is 0.257 e. The minimum atomic E-state index is -0.142. The number of halogens is 1. The van der Waals surface area contributed by atoms with E-state index in [1.165, 1.54) is 89.0 Å². The topological polar surface area (TPSA) is 60.7 Å². The Bertz CT molecular complexity index is 941. The van der Waals surface area contributed by atoms with E-state index >= 15 is 0 Å². The lowest BCUT2D eigenvalue weighted by Gasteiger charge is -2.13. The van der Waals surface area contributed by atoms with E-state index in [0.29, 0.717) is 30.4 Å². The zero-order valence-corrected chi connectivity index (χ0v) is 28.1. The second-order valence-electron chi connectivity index (χ2n) is 10.7. The number of amides is 1. The van der Waals surface area contributed by atoms with Crippen LogP contribution in [0.15, 0.2) is 42.7 Å². The molecule has 1 N–H and O–H groups in total. The monoisotopic (exact) mass is 682 g/mol. The number of unbranched alkanes of at least 4 members (excludes halogenated alkanes) is 13. The number of aryl methyl sites for hydroxylation is 1. The minimum Gasteiger partial charge on any atom is -1.00 e. The Labute approximate surface area is 267 Å². The molecule has 0 radical (unpaired) electrons. The summed E-state index contributed by atoms with van der Waals surface area (Å²) in [5, 5.41) is 2.92. The summed E-state index contributed by atoms with van der Waals surface area (Å²) in [6.45, 7) is 6.53. The zero-order chi connectivity index (χ0) is 28.7. The summed E-state index contributed by atoms with van der Waals surface area (Å²) in [6.07, 6.45) is 23.7. The first-order valence-corrected chi connectivity index (χ1v) is 15.8. The first kappa shape index (κ1) is 37.0. The van der Waals surface area contributed by atoms with Gasteiger partial charge >= 0.3 is 0 Å². The molecule has 0 spiro atoms. The predicted molar refractivity (Wildman–Crippen MR) is 163 cm³/mol. The Morgan fingerprint density at radius 1 is 0.805 bits per heavy atom. The fraction of sp³-hybridized carbons (Fsp3) is 0.647. The number of aromatic nitrogens is 1. The molecule has 2 aromatic rings. The molecule has 1 aromatic heterocycles. The van der Waals surface area contributed by atoms with Gasteiger partial charge in [-0.1, -0.05) is 90.4 Å².